The lowest BCUT2D eigenvalue weighted by atomic mass is 9.76. The smallest absolute Gasteiger partial charge is 0.185 e. The van der Waals surface area contributed by atoms with Gasteiger partial charge in [0.15, 0.2) is 10.8 Å². The number of halogens is 1. The number of phenols is 1. The van der Waals surface area contributed by atoms with Gasteiger partial charge in [0.05, 0.1) is 5.02 Å². The van der Waals surface area contributed by atoms with E-state index in [1.165, 1.54) is 11.1 Å². The molecule has 2 heterocycles. The van der Waals surface area contributed by atoms with Crippen LogP contribution in [0.4, 0.5) is 0 Å². The van der Waals surface area contributed by atoms with Crippen LogP contribution in [0.25, 0.3) is 0 Å². The zero-order chi connectivity index (χ0) is 19.4. The standard InChI is InChI=1S/C21H23ClN2O2S/c1-12-6-4-5-7-13(12)15-10-21(11-20(2,3)23-19(27)24-21)26-18-9-17(25)16(22)8-14(15)18/h4-9,15,25H,10-11H2,1-3H3,(H2,23,24,27)/t15-,21+/m0/s1. The van der Waals surface area contributed by atoms with Crippen molar-refractivity contribution in [2.45, 2.75) is 50.8 Å². The lowest BCUT2D eigenvalue weighted by molar-refractivity contribution is -0.0128. The molecule has 1 fully saturated rings. The van der Waals surface area contributed by atoms with Gasteiger partial charge in [0.1, 0.15) is 11.5 Å². The maximum atomic E-state index is 10.2. The highest BCUT2D eigenvalue weighted by molar-refractivity contribution is 7.80. The third-order valence-electron chi connectivity index (χ3n) is 5.38. The normalized spacial score (nSPS) is 25.9. The second-order valence-electron chi connectivity index (χ2n) is 8.19. The predicted octanol–water partition coefficient (Wildman–Crippen LogP) is 4.61. The van der Waals surface area contributed by atoms with Gasteiger partial charge in [-0.1, -0.05) is 35.9 Å². The van der Waals surface area contributed by atoms with E-state index >= 15 is 0 Å². The Morgan fingerprint density at radius 3 is 2.63 bits per heavy atom. The van der Waals surface area contributed by atoms with Gasteiger partial charge in [0, 0.05) is 35.9 Å². The largest absolute Gasteiger partial charge is 0.506 e. The Morgan fingerprint density at radius 2 is 1.93 bits per heavy atom. The lowest BCUT2D eigenvalue weighted by Gasteiger charge is -2.50. The summed E-state index contributed by atoms with van der Waals surface area (Å²) in [5.74, 6) is 0.744. The Morgan fingerprint density at radius 1 is 1.19 bits per heavy atom. The number of thiocarbonyl (C=S) groups is 1. The average Bonchev–Trinajstić information content (AvgIpc) is 2.54. The van der Waals surface area contributed by atoms with Crippen LogP contribution in [0.2, 0.25) is 5.02 Å². The molecule has 0 unspecified atom stereocenters. The molecule has 27 heavy (non-hydrogen) atoms. The fraction of sp³-hybridized carbons (Fsp3) is 0.381. The number of aromatic hydroxyl groups is 1. The van der Waals surface area contributed by atoms with E-state index in [2.05, 4.69) is 49.6 Å². The number of nitrogens with one attached hydrogen (secondary N) is 2. The van der Waals surface area contributed by atoms with Crippen molar-refractivity contribution in [3.63, 3.8) is 0 Å². The molecule has 0 bridgehead atoms. The molecule has 1 spiro atoms. The highest BCUT2D eigenvalue weighted by atomic mass is 35.5. The first-order valence-corrected chi connectivity index (χ1v) is 9.84. The summed E-state index contributed by atoms with van der Waals surface area (Å²) >= 11 is 11.7. The monoisotopic (exact) mass is 402 g/mol. The molecule has 2 aliphatic heterocycles. The van der Waals surface area contributed by atoms with Gasteiger partial charge in [0.2, 0.25) is 0 Å². The number of hydrogen-bond donors (Lipinski definition) is 3. The fourth-order valence-electron chi connectivity index (χ4n) is 4.40. The van der Waals surface area contributed by atoms with Crippen molar-refractivity contribution in [3.05, 3.63) is 58.1 Å². The van der Waals surface area contributed by atoms with Crippen LogP contribution in [-0.2, 0) is 0 Å². The summed E-state index contributed by atoms with van der Waals surface area (Å²) in [6, 6.07) is 11.8. The molecule has 3 N–H and O–H groups in total. The lowest BCUT2D eigenvalue weighted by Crippen LogP contribution is -2.69. The molecule has 0 radical (unpaired) electrons. The number of rotatable bonds is 1. The van der Waals surface area contributed by atoms with Crippen LogP contribution in [0.1, 0.15) is 49.3 Å². The third kappa shape index (κ3) is 3.34. The number of hydrogen-bond acceptors (Lipinski definition) is 3. The number of fused-ring (bicyclic) bond motifs is 1. The molecule has 2 aromatic rings. The molecule has 4 rings (SSSR count). The number of ether oxygens (including phenoxy) is 1. The molecule has 1 saturated heterocycles. The fourth-order valence-corrected chi connectivity index (χ4v) is 5.03. The van der Waals surface area contributed by atoms with Gasteiger partial charge >= 0.3 is 0 Å². The molecule has 0 saturated carbocycles. The molecule has 142 valence electrons. The summed E-state index contributed by atoms with van der Waals surface area (Å²) in [7, 11) is 0. The number of aryl methyl sites for hydroxylation is 1. The molecular weight excluding hydrogens is 380 g/mol. The number of phenolic OH excluding ortho intramolecular Hbond substituents is 1. The van der Waals surface area contributed by atoms with E-state index in [1.807, 2.05) is 12.1 Å². The highest BCUT2D eigenvalue weighted by Gasteiger charge is 2.49. The zero-order valence-corrected chi connectivity index (χ0v) is 17.2. The Balaban J connectivity index is 1.87. The van der Waals surface area contributed by atoms with Crippen molar-refractivity contribution in [1.29, 1.82) is 0 Å². The first kappa shape index (κ1) is 18.4. The average molecular weight is 403 g/mol. The maximum absolute atomic E-state index is 10.2. The van der Waals surface area contributed by atoms with Gasteiger partial charge in [0.25, 0.3) is 0 Å². The van der Waals surface area contributed by atoms with Crippen LogP contribution in [-0.4, -0.2) is 21.5 Å². The third-order valence-corrected chi connectivity index (χ3v) is 5.89. The molecule has 2 aromatic carbocycles. The quantitative estimate of drug-likeness (QED) is 0.608. The van der Waals surface area contributed by atoms with E-state index in [0.717, 1.165) is 18.4 Å². The summed E-state index contributed by atoms with van der Waals surface area (Å²) in [5, 5.41) is 17.7. The van der Waals surface area contributed by atoms with Gasteiger partial charge < -0.3 is 20.5 Å². The summed E-state index contributed by atoms with van der Waals surface area (Å²) < 4.78 is 6.44. The Hall–Kier alpha value is -1.98. The molecule has 4 nitrogen and oxygen atoms in total. The Kier molecular flexibility index (Phi) is 4.28. The summed E-state index contributed by atoms with van der Waals surface area (Å²) in [6.45, 7) is 6.34. The van der Waals surface area contributed by atoms with Crippen LogP contribution >= 0.6 is 23.8 Å². The first-order valence-electron chi connectivity index (χ1n) is 9.05. The molecule has 0 amide bonds. The molecule has 0 aliphatic carbocycles. The summed E-state index contributed by atoms with van der Waals surface area (Å²) in [4.78, 5) is 0. The van der Waals surface area contributed by atoms with Crippen LogP contribution in [0.5, 0.6) is 11.5 Å². The van der Waals surface area contributed by atoms with E-state index in [0.29, 0.717) is 15.9 Å². The van der Waals surface area contributed by atoms with Gasteiger partial charge in [-0.25, -0.2) is 0 Å². The second-order valence-corrected chi connectivity index (χ2v) is 9.01. The van der Waals surface area contributed by atoms with Crippen LogP contribution in [0.15, 0.2) is 36.4 Å². The van der Waals surface area contributed by atoms with Crippen molar-refractivity contribution in [2.75, 3.05) is 0 Å². The zero-order valence-electron chi connectivity index (χ0n) is 15.6. The molecular formula is C21H23ClN2O2S. The summed E-state index contributed by atoms with van der Waals surface area (Å²) in [6.07, 6.45) is 1.45. The molecule has 2 aliphatic rings. The van der Waals surface area contributed by atoms with E-state index in [1.54, 1.807) is 6.07 Å². The second kappa shape index (κ2) is 6.28. The van der Waals surface area contributed by atoms with Crippen molar-refractivity contribution in [2.24, 2.45) is 0 Å². The van der Waals surface area contributed by atoms with Crippen molar-refractivity contribution < 1.29 is 9.84 Å². The van der Waals surface area contributed by atoms with Gasteiger partial charge in [-0.2, -0.15) is 0 Å². The highest BCUT2D eigenvalue weighted by Crippen LogP contribution is 2.49. The number of benzene rings is 2. The van der Waals surface area contributed by atoms with Gasteiger partial charge in [-0.3, -0.25) is 0 Å². The van der Waals surface area contributed by atoms with Crippen molar-refractivity contribution >= 4 is 28.9 Å². The van der Waals surface area contributed by atoms with E-state index in [-0.39, 0.29) is 17.2 Å². The molecule has 2 atom stereocenters. The minimum Gasteiger partial charge on any atom is -0.506 e. The molecule has 0 aromatic heterocycles. The van der Waals surface area contributed by atoms with Gasteiger partial charge in [-0.15, -0.1) is 0 Å². The maximum Gasteiger partial charge on any atom is 0.185 e. The van der Waals surface area contributed by atoms with Crippen molar-refractivity contribution in [1.82, 2.24) is 10.6 Å². The Labute approximate surface area is 169 Å². The summed E-state index contributed by atoms with van der Waals surface area (Å²) in [5.41, 5.74) is 2.58. The van der Waals surface area contributed by atoms with Crippen LogP contribution in [0, 0.1) is 6.92 Å². The van der Waals surface area contributed by atoms with Crippen LogP contribution in [0.3, 0.4) is 0 Å². The van der Waals surface area contributed by atoms with E-state index in [4.69, 9.17) is 28.6 Å². The topological polar surface area (TPSA) is 53.5 Å². The van der Waals surface area contributed by atoms with Crippen LogP contribution < -0.4 is 15.4 Å². The minimum atomic E-state index is -0.647. The van der Waals surface area contributed by atoms with E-state index < -0.39 is 5.72 Å². The Bertz CT molecular complexity index is 930. The SMILES string of the molecule is Cc1ccccc1[C@@H]1C[C@]2(CC(C)(C)NC(=S)N2)Oc2cc(O)c(Cl)cc21. The van der Waals surface area contributed by atoms with E-state index in [9.17, 15) is 5.11 Å². The van der Waals surface area contributed by atoms with Crippen molar-refractivity contribution in [3.8, 4) is 11.5 Å². The van der Waals surface area contributed by atoms with Gasteiger partial charge in [-0.05, 0) is 50.2 Å². The molecule has 6 heteroatoms. The predicted molar refractivity (Wildman–Crippen MR) is 112 cm³/mol. The minimum absolute atomic E-state index is 0.0202. The first-order chi connectivity index (χ1) is 12.7.